The Hall–Kier alpha value is -1.56. The second-order valence-corrected chi connectivity index (χ2v) is 3.31. The zero-order chi connectivity index (χ0) is 13.1. The predicted molar refractivity (Wildman–Crippen MR) is 53.7 cm³/mol. The zero-order valence-corrected chi connectivity index (χ0v) is 9.04. The van der Waals surface area contributed by atoms with E-state index < -0.39 is 17.7 Å². The number of ether oxygens (including phenoxy) is 1. The Balaban J connectivity index is 3.13. The van der Waals surface area contributed by atoms with E-state index in [-0.39, 0.29) is 17.7 Å². The second kappa shape index (κ2) is 5.18. The third-order valence-electron chi connectivity index (χ3n) is 2.13. The Morgan fingerprint density at radius 2 is 2.06 bits per heavy atom. The van der Waals surface area contributed by atoms with E-state index in [1.54, 1.807) is 6.92 Å². The average Bonchev–Trinajstić information content (AvgIpc) is 2.24. The molecule has 0 aliphatic heterocycles. The minimum atomic E-state index is -4.55. The molecule has 6 heteroatoms. The average molecular weight is 248 g/mol. The van der Waals surface area contributed by atoms with E-state index in [1.807, 2.05) is 0 Å². The maximum Gasteiger partial charge on any atom is 0.416 e. The lowest BCUT2D eigenvalue weighted by atomic mass is 10.0. The summed E-state index contributed by atoms with van der Waals surface area (Å²) in [5, 5.41) is 8.83. The molecule has 0 amide bonds. The van der Waals surface area contributed by atoms with Crippen LogP contribution in [0.2, 0.25) is 0 Å². The van der Waals surface area contributed by atoms with E-state index in [0.717, 1.165) is 12.1 Å². The minimum Gasteiger partial charge on any atom is -0.478 e. The van der Waals surface area contributed by atoms with E-state index >= 15 is 0 Å². The Bertz CT molecular complexity index is 413. The molecule has 0 aliphatic rings. The summed E-state index contributed by atoms with van der Waals surface area (Å²) >= 11 is 0. The lowest BCUT2D eigenvalue weighted by Crippen LogP contribution is -2.10. The third kappa shape index (κ3) is 3.45. The van der Waals surface area contributed by atoms with E-state index in [1.165, 1.54) is 0 Å². The van der Waals surface area contributed by atoms with Gasteiger partial charge in [-0.05, 0) is 24.6 Å². The summed E-state index contributed by atoms with van der Waals surface area (Å²) in [4.78, 5) is 10.8. The topological polar surface area (TPSA) is 46.5 Å². The quantitative estimate of drug-likeness (QED) is 0.891. The van der Waals surface area contributed by atoms with Crippen LogP contribution in [-0.4, -0.2) is 17.7 Å². The van der Waals surface area contributed by atoms with Gasteiger partial charge in [0.25, 0.3) is 0 Å². The summed E-state index contributed by atoms with van der Waals surface area (Å²) < 4.78 is 42.2. The Kier molecular flexibility index (Phi) is 4.11. The van der Waals surface area contributed by atoms with Crippen LogP contribution in [0.15, 0.2) is 18.2 Å². The lowest BCUT2D eigenvalue weighted by molar-refractivity contribution is -0.137. The van der Waals surface area contributed by atoms with Gasteiger partial charge in [-0.25, -0.2) is 4.79 Å². The highest BCUT2D eigenvalue weighted by molar-refractivity contribution is 5.89. The van der Waals surface area contributed by atoms with E-state index in [2.05, 4.69) is 0 Å². The van der Waals surface area contributed by atoms with Gasteiger partial charge in [0, 0.05) is 6.61 Å². The van der Waals surface area contributed by atoms with Crippen LogP contribution >= 0.6 is 0 Å². The molecule has 3 nitrogen and oxygen atoms in total. The molecule has 0 spiro atoms. The van der Waals surface area contributed by atoms with Gasteiger partial charge in [0.2, 0.25) is 0 Å². The van der Waals surface area contributed by atoms with Gasteiger partial charge < -0.3 is 9.84 Å². The van der Waals surface area contributed by atoms with Crippen LogP contribution in [-0.2, 0) is 17.5 Å². The van der Waals surface area contributed by atoms with Gasteiger partial charge >= 0.3 is 12.1 Å². The van der Waals surface area contributed by atoms with Crippen molar-refractivity contribution in [3.63, 3.8) is 0 Å². The molecule has 0 atom stereocenters. The molecule has 94 valence electrons. The number of carboxylic acid groups (broad SMARTS) is 1. The molecule has 1 rings (SSSR count). The largest absolute Gasteiger partial charge is 0.478 e. The molecule has 17 heavy (non-hydrogen) atoms. The fraction of sp³-hybridized carbons (Fsp3) is 0.364. The molecule has 0 saturated heterocycles. The second-order valence-electron chi connectivity index (χ2n) is 3.31. The SMILES string of the molecule is CCOCc1ccc(C(F)(F)F)cc1C(=O)O. The maximum atomic E-state index is 12.4. The van der Waals surface area contributed by atoms with Crippen LogP contribution in [0.1, 0.15) is 28.4 Å². The van der Waals surface area contributed by atoms with Gasteiger partial charge in [-0.15, -0.1) is 0 Å². The minimum absolute atomic E-state index is 0.0176. The Morgan fingerprint density at radius 1 is 1.41 bits per heavy atom. The normalized spacial score (nSPS) is 11.5. The Labute approximate surface area is 95.8 Å². The number of carbonyl (C=O) groups is 1. The van der Waals surface area contributed by atoms with E-state index in [0.29, 0.717) is 12.7 Å². The fourth-order valence-electron chi connectivity index (χ4n) is 1.29. The number of carboxylic acids is 1. The molecule has 0 saturated carbocycles. The summed E-state index contributed by atoms with van der Waals surface area (Å²) in [5.41, 5.74) is -1.13. The first-order valence-electron chi connectivity index (χ1n) is 4.87. The number of hydrogen-bond acceptors (Lipinski definition) is 2. The van der Waals surface area contributed by atoms with Crippen molar-refractivity contribution in [1.29, 1.82) is 0 Å². The lowest BCUT2D eigenvalue weighted by Gasteiger charge is -2.11. The number of rotatable bonds is 4. The first-order chi connectivity index (χ1) is 7.86. The van der Waals surface area contributed by atoms with Crippen molar-refractivity contribution in [2.24, 2.45) is 0 Å². The van der Waals surface area contributed by atoms with Crippen molar-refractivity contribution in [3.05, 3.63) is 34.9 Å². The van der Waals surface area contributed by atoms with E-state index in [4.69, 9.17) is 9.84 Å². The summed E-state index contributed by atoms with van der Waals surface area (Å²) in [7, 11) is 0. The predicted octanol–water partition coefficient (Wildman–Crippen LogP) is 2.94. The van der Waals surface area contributed by atoms with Crippen LogP contribution in [0.4, 0.5) is 13.2 Å². The molecule has 0 heterocycles. The molecule has 1 aromatic carbocycles. The van der Waals surface area contributed by atoms with Crippen LogP contribution in [0.3, 0.4) is 0 Å². The first-order valence-corrected chi connectivity index (χ1v) is 4.87. The third-order valence-corrected chi connectivity index (χ3v) is 2.13. The number of benzene rings is 1. The van der Waals surface area contributed by atoms with Crippen molar-refractivity contribution in [2.45, 2.75) is 19.7 Å². The standard InChI is InChI=1S/C11H11F3O3/c1-2-17-6-7-3-4-8(11(12,13)14)5-9(7)10(15)16/h3-5H,2,6H2,1H3,(H,15,16). The molecule has 0 bridgehead atoms. The van der Waals surface area contributed by atoms with Gasteiger partial charge in [0.05, 0.1) is 17.7 Å². The zero-order valence-electron chi connectivity index (χ0n) is 9.04. The maximum absolute atomic E-state index is 12.4. The smallest absolute Gasteiger partial charge is 0.416 e. The number of hydrogen-bond donors (Lipinski definition) is 1. The van der Waals surface area contributed by atoms with Gasteiger partial charge in [-0.1, -0.05) is 6.07 Å². The fourth-order valence-corrected chi connectivity index (χ4v) is 1.29. The molecular formula is C11H11F3O3. The molecule has 0 radical (unpaired) electrons. The summed E-state index contributed by atoms with van der Waals surface area (Å²) in [5.74, 6) is -1.40. The highest BCUT2D eigenvalue weighted by Crippen LogP contribution is 2.30. The molecule has 1 N–H and O–H groups in total. The van der Waals surface area contributed by atoms with Gasteiger partial charge in [0.1, 0.15) is 0 Å². The highest BCUT2D eigenvalue weighted by atomic mass is 19.4. The summed E-state index contributed by atoms with van der Waals surface area (Å²) in [6.45, 7) is 2.06. The van der Waals surface area contributed by atoms with Gasteiger partial charge in [-0.3, -0.25) is 0 Å². The molecule has 1 aromatic rings. The van der Waals surface area contributed by atoms with Crippen molar-refractivity contribution < 1.29 is 27.8 Å². The molecule has 0 aromatic heterocycles. The van der Waals surface area contributed by atoms with Crippen molar-refractivity contribution in [1.82, 2.24) is 0 Å². The summed E-state index contributed by atoms with van der Waals surface area (Å²) in [6.07, 6.45) is -4.55. The monoisotopic (exact) mass is 248 g/mol. The van der Waals surface area contributed by atoms with Crippen LogP contribution in [0.5, 0.6) is 0 Å². The highest BCUT2D eigenvalue weighted by Gasteiger charge is 2.31. The van der Waals surface area contributed by atoms with Gasteiger partial charge in [0.15, 0.2) is 0 Å². The number of aromatic carboxylic acids is 1. The van der Waals surface area contributed by atoms with Gasteiger partial charge in [-0.2, -0.15) is 13.2 Å². The van der Waals surface area contributed by atoms with E-state index in [9.17, 15) is 18.0 Å². The van der Waals surface area contributed by atoms with Crippen LogP contribution < -0.4 is 0 Å². The number of halogens is 3. The van der Waals surface area contributed by atoms with Crippen molar-refractivity contribution >= 4 is 5.97 Å². The molecule has 0 fully saturated rings. The molecule has 0 unspecified atom stereocenters. The molecule has 0 aliphatic carbocycles. The van der Waals surface area contributed by atoms with Crippen molar-refractivity contribution in [2.75, 3.05) is 6.61 Å². The summed E-state index contributed by atoms with van der Waals surface area (Å²) in [6, 6.07) is 2.60. The Morgan fingerprint density at radius 3 is 2.53 bits per heavy atom. The molecular weight excluding hydrogens is 237 g/mol. The first kappa shape index (κ1) is 13.5. The van der Waals surface area contributed by atoms with Crippen molar-refractivity contribution in [3.8, 4) is 0 Å². The van der Waals surface area contributed by atoms with Crippen LogP contribution in [0, 0.1) is 0 Å². The number of alkyl halides is 3. The van der Waals surface area contributed by atoms with Crippen LogP contribution in [0.25, 0.3) is 0 Å².